The Labute approximate surface area is 155 Å². The maximum absolute atomic E-state index is 13.3. The molecule has 0 radical (unpaired) electrons. The van der Waals surface area contributed by atoms with E-state index < -0.39 is 0 Å². The molecule has 0 N–H and O–H groups in total. The van der Waals surface area contributed by atoms with Crippen LogP contribution >= 0.6 is 0 Å². The zero-order valence-electron chi connectivity index (χ0n) is 15.9. The summed E-state index contributed by atoms with van der Waals surface area (Å²) < 4.78 is 0.848. The molecule has 2 nitrogen and oxygen atoms in total. The predicted molar refractivity (Wildman–Crippen MR) is 111 cm³/mol. The number of hydrogen-bond acceptors (Lipinski definition) is 1. The second kappa shape index (κ2) is 6.37. The number of carbonyl (C=O) groups is 1. The third-order valence-electron chi connectivity index (χ3n) is 6.32. The van der Waals surface area contributed by atoms with Gasteiger partial charge in [-0.3, -0.25) is 4.79 Å². The van der Waals surface area contributed by atoms with Crippen LogP contribution in [0, 0.1) is 0 Å². The maximum atomic E-state index is 13.3. The van der Waals surface area contributed by atoms with E-state index in [0.717, 1.165) is 35.1 Å². The monoisotopic (exact) mass is 344 g/mol. The molecule has 26 heavy (non-hydrogen) atoms. The number of benzene rings is 4. The molecular weight excluding hydrogens is 318 g/mol. The third-order valence-corrected chi connectivity index (χ3v) is 6.32. The Morgan fingerprint density at radius 3 is 1.88 bits per heavy atom. The minimum atomic E-state index is 0.258. The van der Waals surface area contributed by atoms with Crippen LogP contribution in [0.3, 0.4) is 0 Å². The molecule has 0 bridgehead atoms. The highest BCUT2D eigenvalue weighted by atomic mass is 16.1. The summed E-state index contributed by atoms with van der Waals surface area (Å²) in [7, 11) is 0. The first-order chi connectivity index (χ1) is 12.6. The molecule has 2 heteroatoms. The fraction of sp³-hybridized carbons (Fsp3) is 0.292. The van der Waals surface area contributed by atoms with E-state index in [-0.39, 0.29) is 5.78 Å². The highest BCUT2D eigenvalue weighted by molar-refractivity contribution is 6.26. The molecule has 0 aliphatic heterocycles. The lowest BCUT2D eigenvalue weighted by Gasteiger charge is -2.35. The van der Waals surface area contributed by atoms with E-state index in [4.69, 9.17) is 0 Å². The number of rotatable bonds is 6. The van der Waals surface area contributed by atoms with Crippen LogP contribution in [0.2, 0.25) is 0 Å². The molecule has 4 aromatic rings. The molecule has 0 atom stereocenters. The molecule has 0 fully saturated rings. The molecule has 0 amide bonds. The summed E-state index contributed by atoms with van der Waals surface area (Å²) in [4.78, 5) is 13.3. The Morgan fingerprint density at radius 1 is 0.731 bits per heavy atom. The molecule has 0 spiro atoms. The molecule has 0 aliphatic rings. The van der Waals surface area contributed by atoms with Gasteiger partial charge in [-0.2, -0.15) is 0 Å². The Balaban J connectivity index is 1.92. The first kappa shape index (κ1) is 17.0. The molecular formula is C24H26NO+. The van der Waals surface area contributed by atoms with Crippen LogP contribution in [-0.4, -0.2) is 36.4 Å². The first-order valence-electron chi connectivity index (χ1n) is 9.67. The summed E-state index contributed by atoms with van der Waals surface area (Å²) in [5.74, 6) is 0.258. The fourth-order valence-corrected chi connectivity index (χ4v) is 4.37. The number of Topliss-reactive ketones (excluding diaryl/α,β-unsaturated/α-hetero) is 1. The molecule has 132 valence electrons. The van der Waals surface area contributed by atoms with Crippen LogP contribution in [0.4, 0.5) is 0 Å². The van der Waals surface area contributed by atoms with Gasteiger partial charge in [0.25, 0.3) is 0 Å². The lowest BCUT2D eigenvalue weighted by atomic mass is 9.90. The van der Waals surface area contributed by atoms with Crippen molar-refractivity contribution in [3.8, 4) is 0 Å². The molecule has 4 aromatic carbocycles. The first-order valence-corrected chi connectivity index (χ1v) is 9.67. The van der Waals surface area contributed by atoms with Crippen molar-refractivity contribution in [1.29, 1.82) is 0 Å². The van der Waals surface area contributed by atoms with Crippen LogP contribution in [0.15, 0.2) is 54.6 Å². The van der Waals surface area contributed by atoms with E-state index in [0.29, 0.717) is 6.54 Å². The van der Waals surface area contributed by atoms with Gasteiger partial charge in [-0.05, 0) is 59.2 Å². The molecule has 0 aromatic heterocycles. The lowest BCUT2D eigenvalue weighted by molar-refractivity contribution is -0.915. The largest absolute Gasteiger partial charge is 0.318 e. The minimum absolute atomic E-state index is 0.258. The van der Waals surface area contributed by atoms with Gasteiger partial charge in [-0.1, -0.05) is 48.5 Å². The summed E-state index contributed by atoms with van der Waals surface area (Å²) >= 11 is 0. The Bertz CT molecular complexity index is 1070. The predicted octanol–water partition coefficient (Wildman–Crippen LogP) is 5.64. The van der Waals surface area contributed by atoms with Gasteiger partial charge < -0.3 is 4.48 Å². The van der Waals surface area contributed by atoms with Gasteiger partial charge in [0.2, 0.25) is 5.78 Å². The average molecular weight is 344 g/mol. The SMILES string of the molecule is CC[N+](CC)(CC)CC(=O)c1ccc2ccc3cccc4ccc1c2c34. The number of nitrogens with zero attached hydrogens (tertiary/aromatic N) is 1. The van der Waals surface area contributed by atoms with Crippen LogP contribution in [0.25, 0.3) is 32.3 Å². The summed E-state index contributed by atoms with van der Waals surface area (Å²) in [6.45, 7) is 10.1. The molecule has 0 saturated carbocycles. The Hall–Kier alpha value is -2.45. The number of likely N-dealkylation sites (N-methyl/N-ethyl adjacent to an activating group) is 1. The molecule has 0 saturated heterocycles. The van der Waals surface area contributed by atoms with Gasteiger partial charge in [0.05, 0.1) is 19.6 Å². The highest BCUT2D eigenvalue weighted by Crippen LogP contribution is 2.36. The van der Waals surface area contributed by atoms with Crippen molar-refractivity contribution in [2.75, 3.05) is 26.2 Å². The standard InChI is InChI=1S/C24H26NO/c1-4-25(5-2,6-3)16-22(26)20-14-12-19-11-10-17-8-7-9-18-13-15-21(20)24(19)23(17)18/h7-15H,4-6,16H2,1-3H3/q+1. The van der Waals surface area contributed by atoms with Crippen LogP contribution < -0.4 is 0 Å². The van der Waals surface area contributed by atoms with Crippen molar-refractivity contribution < 1.29 is 9.28 Å². The lowest BCUT2D eigenvalue weighted by Crippen LogP contribution is -2.50. The number of ketones is 1. The summed E-state index contributed by atoms with van der Waals surface area (Å²) in [5, 5.41) is 7.30. The van der Waals surface area contributed by atoms with E-state index in [1.807, 2.05) is 6.07 Å². The fourth-order valence-electron chi connectivity index (χ4n) is 4.37. The molecule has 0 unspecified atom stereocenters. The molecule has 4 rings (SSSR count). The Kier molecular flexibility index (Phi) is 4.16. The second-order valence-corrected chi connectivity index (χ2v) is 7.34. The van der Waals surface area contributed by atoms with Crippen molar-refractivity contribution in [3.05, 3.63) is 60.2 Å². The van der Waals surface area contributed by atoms with Gasteiger partial charge in [-0.15, -0.1) is 0 Å². The van der Waals surface area contributed by atoms with Crippen molar-refractivity contribution in [1.82, 2.24) is 0 Å². The van der Waals surface area contributed by atoms with Gasteiger partial charge in [0.15, 0.2) is 0 Å². The summed E-state index contributed by atoms with van der Waals surface area (Å²) in [6.07, 6.45) is 0. The van der Waals surface area contributed by atoms with Crippen LogP contribution in [-0.2, 0) is 0 Å². The number of hydrogen-bond donors (Lipinski definition) is 0. The van der Waals surface area contributed by atoms with E-state index in [2.05, 4.69) is 69.3 Å². The summed E-state index contributed by atoms with van der Waals surface area (Å²) in [6, 6.07) is 19.2. The van der Waals surface area contributed by atoms with Gasteiger partial charge in [0, 0.05) is 5.56 Å². The van der Waals surface area contributed by atoms with E-state index in [1.54, 1.807) is 0 Å². The number of quaternary nitrogens is 1. The van der Waals surface area contributed by atoms with Crippen LogP contribution in [0.1, 0.15) is 31.1 Å². The normalized spacial score (nSPS) is 12.4. The van der Waals surface area contributed by atoms with Crippen molar-refractivity contribution in [3.63, 3.8) is 0 Å². The smallest absolute Gasteiger partial charge is 0.217 e. The van der Waals surface area contributed by atoms with Gasteiger partial charge in [-0.25, -0.2) is 0 Å². The van der Waals surface area contributed by atoms with Crippen molar-refractivity contribution >= 4 is 38.1 Å². The maximum Gasteiger partial charge on any atom is 0.217 e. The van der Waals surface area contributed by atoms with E-state index in [1.165, 1.54) is 26.9 Å². The molecule has 0 aliphatic carbocycles. The minimum Gasteiger partial charge on any atom is -0.318 e. The molecule has 0 heterocycles. The zero-order valence-corrected chi connectivity index (χ0v) is 15.9. The Morgan fingerprint density at radius 2 is 1.27 bits per heavy atom. The zero-order chi connectivity index (χ0) is 18.3. The highest BCUT2D eigenvalue weighted by Gasteiger charge is 2.26. The topological polar surface area (TPSA) is 17.1 Å². The van der Waals surface area contributed by atoms with Crippen LogP contribution in [0.5, 0.6) is 0 Å². The summed E-state index contributed by atoms with van der Waals surface area (Å²) in [5.41, 5.74) is 0.869. The van der Waals surface area contributed by atoms with Gasteiger partial charge >= 0.3 is 0 Å². The average Bonchev–Trinajstić information content (AvgIpc) is 2.70. The quantitative estimate of drug-likeness (QED) is 0.251. The van der Waals surface area contributed by atoms with E-state index in [9.17, 15) is 4.79 Å². The third kappa shape index (κ3) is 2.48. The van der Waals surface area contributed by atoms with Crippen molar-refractivity contribution in [2.45, 2.75) is 20.8 Å². The van der Waals surface area contributed by atoms with E-state index >= 15 is 0 Å². The van der Waals surface area contributed by atoms with Crippen molar-refractivity contribution in [2.24, 2.45) is 0 Å². The van der Waals surface area contributed by atoms with Gasteiger partial charge in [0.1, 0.15) is 6.54 Å². The second-order valence-electron chi connectivity index (χ2n) is 7.34. The number of carbonyl (C=O) groups excluding carboxylic acids is 1.